The Balaban J connectivity index is 2.95. The molecule has 4 nitrogen and oxygen atoms in total. The van der Waals surface area contributed by atoms with E-state index in [4.69, 9.17) is 11.5 Å². The summed E-state index contributed by atoms with van der Waals surface area (Å²) in [6.07, 6.45) is 1.53. The van der Waals surface area contributed by atoms with Gasteiger partial charge in [0.25, 0.3) is 5.91 Å². The van der Waals surface area contributed by atoms with Crippen LogP contribution in [0.15, 0.2) is 28.9 Å². The number of carbonyl (C=O) groups is 1. The van der Waals surface area contributed by atoms with E-state index in [-0.39, 0.29) is 5.69 Å². The summed E-state index contributed by atoms with van der Waals surface area (Å²) in [5, 5.41) is 1.43. The summed E-state index contributed by atoms with van der Waals surface area (Å²) in [5.41, 5.74) is 11.9. The Morgan fingerprint density at radius 1 is 1.40 bits per heavy atom. The summed E-state index contributed by atoms with van der Waals surface area (Å²) in [4.78, 5) is 15.1. The second-order valence-corrected chi connectivity index (χ2v) is 3.94. The lowest BCUT2D eigenvalue weighted by Gasteiger charge is -2.06. The Morgan fingerprint density at radius 2 is 2.13 bits per heavy atom. The number of hydrogen-bond acceptors (Lipinski definition) is 3. The van der Waals surface area contributed by atoms with Crippen molar-refractivity contribution in [3.8, 4) is 0 Å². The lowest BCUT2D eigenvalue weighted by atomic mass is 10.1. The summed E-state index contributed by atoms with van der Waals surface area (Å²) in [7, 11) is 0. The lowest BCUT2D eigenvalue weighted by molar-refractivity contribution is 0.0997. The summed E-state index contributed by atoms with van der Waals surface area (Å²) < 4.78 is 0.751. The molecule has 0 saturated carbocycles. The van der Waals surface area contributed by atoms with Crippen molar-refractivity contribution in [2.45, 2.75) is 0 Å². The van der Waals surface area contributed by atoms with Crippen LogP contribution in [0, 0.1) is 0 Å². The Bertz CT molecular complexity index is 545. The van der Waals surface area contributed by atoms with Crippen LogP contribution in [-0.2, 0) is 0 Å². The van der Waals surface area contributed by atoms with Crippen molar-refractivity contribution in [2.75, 3.05) is 5.73 Å². The molecule has 0 radical (unpaired) electrons. The molecule has 0 aliphatic heterocycles. The number of carbonyl (C=O) groups excluding carboxylic acids is 1. The van der Waals surface area contributed by atoms with E-state index in [1.807, 2.05) is 0 Å². The molecule has 0 aliphatic rings. The molecule has 0 saturated heterocycles. The Labute approximate surface area is 94.4 Å². The third-order valence-corrected chi connectivity index (χ3v) is 2.73. The van der Waals surface area contributed by atoms with Gasteiger partial charge in [0.15, 0.2) is 0 Å². The second kappa shape index (κ2) is 3.51. The van der Waals surface area contributed by atoms with Gasteiger partial charge in [0.2, 0.25) is 0 Å². The Hall–Kier alpha value is -1.62. The highest BCUT2D eigenvalue weighted by Crippen LogP contribution is 2.29. The number of benzene rings is 1. The molecule has 0 atom stereocenters. The van der Waals surface area contributed by atoms with Gasteiger partial charge < -0.3 is 11.5 Å². The highest BCUT2D eigenvalue weighted by Gasteiger charge is 2.11. The average Bonchev–Trinajstić information content (AvgIpc) is 2.17. The Morgan fingerprint density at radius 3 is 2.80 bits per heavy atom. The average molecular weight is 266 g/mol. The van der Waals surface area contributed by atoms with Gasteiger partial charge in [-0.1, -0.05) is 12.1 Å². The molecule has 2 rings (SSSR count). The highest BCUT2D eigenvalue weighted by molar-refractivity contribution is 9.10. The summed E-state index contributed by atoms with van der Waals surface area (Å²) in [5.74, 6) is -0.557. The molecule has 76 valence electrons. The first-order valence-corrected chi connectivity index (χ1v) is 5.03. The maximum atomic E-state index is 11.1. The maximum absolute atomic E-state index is 11.1. The summed E-state index contributed by atoms with van der Waals surface area (Å²) in [6.45, 7) is 0. The van der Waals surface area contributed by atoms with Crippen LogP contribution in [0.1, 0.15) is 10.5 Å². The number of anilines is 1. The SMILES string of the molecule is NC(=O)c1ncc(Br)c2c(N)cccc12. The molecule has 1 aromatic carbocycles. The van der Waals surface area contributed by atoms with Gasteiger partial charge in [-0.2, -0.15) is 0 Å². The van der Waals surface area contributed by atoms with Gasteiger partial charge in [-0.05, 0) is 22.0 Å². The van der Waals surface area contributed by atoms with Crippen LogP contribution in [0.4, 0.5) is 5.69 Å². The number of amides is 1. The lowest BCUT2D eigenvalue weighted by Crippen LogP contribution is -2.13. The van der Waals surface area contributed by atoms with E-state index in [9.17, 15) is 4.79 Å². The van der Waals surface area contributed by atoms with Crippen molar-refractivity contribution < 1.29 is 4.79 Å². The molecule has 0 unspecified atom stereocenters. The molecule has 0 spiro atoms. The minimum Gasteiger partial charge on any atom is -0.398 e. The first kappa shape index (κ1) is 9.92. The standard InChI is InChI=1S/C10H8BrN3O/c11-6-4-14-9(10(13)15)5-2-1-3-7(12)8(5)6/h1-4H,12H2,(H2,13,15). The van der Waals surface area contributed by atoms with Gasteiger partial charge in [-0.3, -0.25) is 4.79 Å². The zero-order valence-corrected chi connectivity index (χ0v) is 9.28. The predicted octanol–water partition coefficient (Wildman–Crippen LogP) is 1.68. The molecular formula is C10H8BrN3O. The number of nitrogens with two attached hydrogens (primary N) is 2. The number of pyridine rings is 1. The molecule has 0 fully saturated rings. The number of halogens is 1. The molecule has 1 aromatic heterocycles. The molecule has 15 heavy (non-hydrogen) atoms. The van der Waals surface area contributed by atoms with Gasteiger partial charge in [0.1, 0.15) is 5.69 Å². The predicted molar refractivity (Wildman–Crippen MR) is 62.4 cm³/mol. The van der Waals surface area contributed by atoms with Crippen LogP contribution in [0.2, 0.25) is 0 Å². The number of aromatic nitrogens is 1. The largest absolute Gasteiger partial charge is 0.398 e. The molecule has 1 amide bonds. The van der Waals surface area contributed by atoms with E-state index in [1.165, 1.54) is 6.20 Å². The molecule has 5 heteroatoms. The molecule has 2 aromatic rings. The zero-order chi connectivity index (χ0) is 11.0. The quantitative estimate of drug-likeness (QED) is 0.770. The monoisotopic (exact) mass is 265 g/mol. The van der Waals surface area contributed by atoms with Crippen LogP contribution >= 0.6 is 15.9 Å². The van der Waals surface area contributed by atoms with Crippen LogP contribution < -0.4 is 11.5 Å². The fourth-order valence-electron chi connectivity index (χ4n) is 1.49. The van der Waals surface area contributed by atoms with Gasteiger partial charge in [-0.15, -0.1) is 0 Å². The minimum atomic E-state index is -0.557. The number of hydrogen-bond donors (Lipinski definition) is 2. The number of nitrogens with zero attached hydrogens (tertiary/aromatic N) is 1. The van der Waals surface area contributed by atoms with Gasteiger partial charge in [-0.25, -0.2) is 4.98 Å². The fraction of sp³-hybridized carbons (Fsp3) is 0. The van der Waals surface area contributed by atoms with Gasteiger partial charge in [0, 0.05) is 27.1 Å². The minimum absolute atomic E-state index is 0.237. The Kier molecular flexibility index (Phi) is 2.32. The first-order valence-electron chi connectivity index (χ1n) is 4.23. The number of nitrogen functional groups attached to an aromatic ring is 1. The van der Waals surface area contributed by atoms with Crippen LogP contribution in [0.3, 0.4) is 0 Å². The van der Waals surface area contributed by atoms with Crippen molar-refractivity contribution in [2.24, 2.45) is 5.73 Å². The second-order valence-electron chi connectivity index (χ2n) is 3.09. The first-order chi connectivity index (χ1) is 7.11. The van der Waals surface area contributed by atoms with Crippen molar-refractivity contribution in [1.29, 1.82) is 0 Å². The smallest absolute Gasteiger partial charge is 0.267 e. The number of fused-ring (bicyclic) bond motifs is 1. The third kappa shape index (κ3) is 1.55. The van der Waals surface area contributed by atoms with E-state index in [2.05, 4.69) is 20.9 Å². The van der Waals surface area contributed by atoms with Crippen molar-refractivity contribution in [3.05, 3.63) is 34.6 Å². The van der Waals surface area contributed by atoms with E-state index in [1.54, 1.807) is 18.2 Å². The van der Waals surface area contributed by atoms with Crippen molar-refractivity contribution in [1.82, 2.24) is 4.98 Å². The highest BCUT2D eigenvalue weighted by atomic mass is 79.9. The van der Waals surface area contributed by atoms with E-state index in [0.29, 0.717) is 11.1 Å². The molecule has 4 N–H and O–H groups in total. The molecular weight excluding hydrogens is 258 g/mol. The van der Waals surface area contributed by atoms with Crippen molar-refractivity contribution >= 4 is 38.3 Å². The molecule has 0 aliphatic carbocycles. The van der Waals surface area contributed by atoms with E-state index < -0.39 is 5.91 Å². The van der Waals surface area contributed by atoms with Crippen LogP contribution in [0.5, 0.6) is 0 Å². The fourth-order valence-corrected chi connectivity index (χ4v) is 2.03. The number of rotatable bonds is 1. The van der Waals surface area contributed by atoms with Crippen LogP contribution in [-0.4, -0.2) is 10.9 Å². The molecule has 1 heterocycles. The molecule has 0 bridgehead atoms. The third-order valence-electron chi connectivity index (χ3n) is 2.13. The van der Waals surface area contributed by atoms with Crippen LogP contribution in [0.25, 0.3) is 10.8 Å². The maximum Gasteiger partial charge on any atom is 0.267 e. The zero-order valence-electron chi connectivity index (χ0n) is 7.70. The summed E-state index contributed by atoms with van der Waals surface area (Å²) >= 11 is 3.34. The normalized spacial score (nSPS) is 10.5. The summed E-state index contributed by atoms with van der Waals surface area (Å²) in [6, 6.07) is 5.29. The van der Waals surface area contributed by atoms with E-state index >= 15 is 0 Å². The van der Waals surface area contributed by atoms with Crippen molar-refractivity contribution in [3.63, 3.8) is 0 Å². The number of primary amides is 1. The van der Waals surface area contributed by atoms with Gasteiger partial charge in [0.05, 0.1) is 0 Å². The van der Waals surface area contributed by atoms with E-state index in [0.717, 1.165) is 9.86 Å². The topological polar surface area (TPSA) is 82.0 Å². The van der Waals surface area contributed by atoms with Gasteiger partial charge >= 0.3 is 0 Å².